The van der Waals surface area contributed by atoms with Crippen LogP contribution < -0.4 is 4.74 Å². The van der Waals surface area contributed by atoms with Crippen LogP contribution in [-0.4, -0.2) is 12.2 Å². The van der Waals surface area contributed by atoms with E-state index < -0.39 is 6.10 Å². The van der Waals surface area contributed by atoms with E-state index in [4.69, 9.17) is 16.3 Å². The molecule has 2 aromatic rings. The number of thiophene rings is 1. The molecule has 1 unspecified atom stereocenters. The van der Waals surface area contributed by atoms with Crippen LogP contribution in [0.3, 0.4) is 0 Å². The molecule has 2 nitrogen and oxygen atoms in total. The van der Waals surface area contributed by atoms with Gasteiger partial charge in [-0.1, -0.05) is 11.6 Å². The third-order valence-corrected chi connectivity index (χ3v) is 5.08. The van der Waals surface area contributed by atoms with Gasteiger partial charge in [0.05, 0.1) is 14.7 Å². The Hall–Kier alpha value is -0.0700. The molecule has 0 aliphatic carbocycles. The molecule has 0 spiro atoms. The first-order valence-corrected chi connectivity index (χ1v) is 7.77. The van der Waals surface area contributed by atoms with E-state index in [9.17, 15) is 5.11 Å². The minimum atomic E-state index is -0.782. The van der Waals surface area contributed by atoms with Gasteiger partial charge >= 0.3 is 0 Å². The minimum absolute atomic E-state index is 0.565. The molecule has 18 heavy (non-hydrogen) atoms. The summed E-state index contributed by atoms with van der Waals surface area (Å²) in [6.45, 7) is 0. The number of hydrogen-bond donors (Lipinski definition) is 1. The fraction of sp³-hybridized carbons (Fsp3) is 0.167. The van der Waals surface area contributed by atoms with Gasteiger partial charge in [-0.05, 0) is 56.1 Å². The third-order valence-electron chi connectivity index (χ3n) is 2.46. The van der Waals surface area contributed by atoms with E-state index in [1.165, 1.54) is 11.3 Å². The number of benzene rings is 1. The summed E-state index contributed by atoms with van der Waals surface area (Å²) in [5.41, 5.74) is 1.43. The zero-order chi connectivity index (χ0) is 13.3. The van der Waals surface area contributed by atoms with Crippen molar-refractivity contribution in [2.45, 2.75) is 6.10 Å². The lowest BCUT2D eigenvalue weighted by Crippen LogP contribution is -2.01. The average Bonchev–Trinajstić information content (AvgIpc) is 2.67. The molecule has 1 atom stereocenters. The van der Waals surface area contributed by atoms with Crippen molar-refractivity contribution < 1.29 is 9.84 Å². The van der Waals surface area contributed by atoms with Crippen molar-refractivity contribution in [3.8, 4) is 5.75 Å². The standard InChI is InChI=1S/C12H9Br2ClO2S/c1-17-9-3-2-6(15)4-7(9)11(16)8-5-10(13)18-12(8)14/h2-5,11,16H,1H3. The molecular formula is C12H9Br2ClO2S. The van der Waals surface area contributed by atoms with Gasteiger partial charge < -0.3 is 9.84 Å². The lowest BCUT2D eigenvalue weighted by Gasteiger charge is -2.14. The molecule has 0 radical (unpaired) electrons. The van der Waals surface area contributed by atoms with Crippen LogP contribution in [0, 0.1) is 0 Å². The normalized spacial score (nSPS) is 12.5. The highest BCUT2D eigenvalue weighted by molar-refractivity contribution is 9.12. The maximum absolute atomic E-state index is 10.4. The second-order valence-electron chi connectivity index (χ2n) is 3.57. The van der Waals surface area contributed by atoms with Crippen molar-refractivity contribution in [1.29, 1.82) is 0 Å². The number of rotatable bonds is 3. The number of ether oxygens (including phenoxy) is 1. The van der Waals surface area contributed by atoms with Crippen LogP contribution in [-0.2, 0) is 0 Å². The number of aliphatic hydroxyl groups excluding tert-OH is 1. The topological polar surface area (TPSA) is 29.5 Å². The number of hydrogen-bond acceptors (Lipinski definition) is 3. The summed E-state index contributed by atoms with van der Waals surface area (Å²) >= 11 is 14.3. The summed E-state index contributed by atoms with van der Waals surface area (Å²) in [6, 6.07) is 7.06. The van der Waals surface area contributed by atoms with Crippen LogP contribution in [0.25, 0.3) is 0 Å². The zero-order valence-corrected chi connectivity index (χ0v) is 14.0. The first kappa shape index (κ1) is 14.3. The van der Waals surface area contributed by atoms with Crippen molar-refractivity contribution in [3.63, 3.8) is 0 Å². The largest absolute Gasteiger partial charge is 0.496 e. The summed E-state index contributed by atoms with van der Waals surface area (Å²) in [6.07, 6.45) is -0.782. The van der Waals surface area contributed by atoms with E-state index in [1.54, 1.807) is 25.3 Å². The Morgan fingerprint density at radius 2 is 2.00 bits per heavy atom. The Bertz CT molecular complexity index is 571. The second-order valence-corrected chi connectivity index (χ2v) is 7.75. The molecule has 0 amide bonds. The van der Waals surface area contributed by atoms with Crippen LogP contribution in [0.1, 0.15) is 17.2 Å². The van der Waals surface area contributed by atoms with Crippen LogP contribution in [0.2, 0.25) is 5.02 Å². The van der Waals surface area contributed by atoms with Crippen LogP contribution in [0.5, 0.6) is 5.75 Å². The number of halogens is 3. The van der Waals surface area contributed by atoms with Crippen molar-refractivity contribution in [3.05, 3.63) is 48.0 Å². The molecule has 0 saturated heterocycles. The lowest BCUT2D eigenvalue weighted by molar-refractivity contribution is 0.214. The van der Waals surface area contributed by atoms with Gasteiger partial charge in [-0.3, -0.25) is 0 Å². The fourth-order valence-corrected chi connectivity index (χ4v) is 4.69. The number of aliphatic hydroxyl groups is 1. The van der Waals surface area contributed by atoms with E-state index in [2.05, 4.69) is 31.9 Å². The van der Waals surface area contributed by atoms with Crippen LogP contribution >= 0.6 is 54.8 Å². The first-order chi connectivity index (χ1) is 8.52. The molecule has 6 heteroatoms. The summed E-state index contributed by atoms with van der Waals surface area (Å²) in [5, 5.41) is 11.0. The van der Waals surface area contributed by atoms with Crippen LogP contribution in [0.4, 0.5) is 0 Å². The molecule has 96 valence electrons. The molecule has 1 heterocycles. The molecule has 0 aliphatic heterocycles. The highest BCUT2D eigenvalue weighted by Gasteiger charge is 2.20. The number of methoxy groups -OCH3 is 1. The van der Waals surface area contributed by atoms with E-state index in [0.29, 0.717) is 16.3 Å². The van der Waals surface area contributed by atoms with E-state index >= 15 is 0 Å². The molecule has 0 saturated carbocycles. The van der Waals surface area contributed by atoms with Gasteiger partial charge in [-0.25, -0.2) is 0 Å². The average molecular weight is 413 g/mol. The maximum Gasteiger partial charge on any atom is 0.125 e. The fourth-order valence-electron chi connectivity index (χ4n) is 1.63. The highest BCUT2D eigenvalue weighted by Crippen LogP contribution is 2.40. The highest BCUT2D eigenvalue weighted by atomic mass is 79.9. The zero-order valence-electron chi connectivity index (χ0n) is 9.28. The third kappa shape index (κ3) is 2.91. The quantitative estimate of drug-likeness (QED) is 0.767. The summed E-state index contributed by atoms with van der Waals surface area (Å²) in [4.78, 5) is 0. The SMILES string of the molecule is COc1ccc(Cl)cc1C(O)c1cc(Br)sc1Br. The van der Waals surface area contributed by atoms with E-state index in [1.807, 2.05) is 6.07 Å². The summed E-state index contributed by atoms with van der Waals surface area (Å²) in [7, 11) is 1.57. The Morgan fingerprint density at radius 1 is 1.28 bits per heavy atom. The lowest BCUT2D eigenvalue weighted by atomic mass is 10.0. The molecule has 1 N–H and O–H groups in total. The molecule has 0 fully saturated rings. The Balaban J connectivity index is 2.48. The Labute approximate surface area is 131 Å². The maximum atomic E-state index is 10.4. The molecule has 1 aromatic carbocycles. The summed E-state index contributed by atoms with van der Waals surface area (Å²) in [5.74, 6) is 0.612. The van der Waals surface area contributed by atoms with E-state index in [0.717, 1.165) is 13.1 Å². The molecule has 0 bridgehead atoms. The second kappa shape index (κ2) is 5.92. The molecular weight excluding hydrogens is 403 g/mol. The van der Waals surface area contributed by atoms with Crippen molar-refractivity contribution in [1.82, 2.24) is 0 Å². The summed E-state index contributed by atoms with van der Waals surface area (Å²) < 4.78 is 7.07. The van der Waals surface area contributed by atoms with Gasteiger partial charge in [0, 0.05) is 16.1 Å². The predicted molar refractivity (Wildman–Crippen MR) is 81.8 cm³/mol. The van der Waals surface area contributed by atoms with Gasteiger partial charge in [-0.15, -0.1) is 11.3 Å². The Kier molecular flexibility index (Phi) is 4.72. The van der Waals surface area contributed by atoms with Crippen molar-refractivity contribution in [2.24, 2.45) is 0 Å². The van der Waals surface area contributed by atoms with Crippen molar-refractivity contribution in [2.75, 3.05) is 7.11 Å². The monoisotopic (exact) mass is 410 g/mol. The molecule has 0 aliphatic rings. The predicted octanol–water partition coefficient (Wildman–Crippen LogP) is 5.02. The van der Waals surface area contributed by atoms with Gasteiger partial charge in [0.2, 0.25) is 0 Å². The minimum Gasteiger partial charge on any atom is -0.496 e. The van der Waals surface area contributed by atoms with Crippen molar-refractivity contribution >= 4 is 54.8 Å². The first-order valence-electron chi connectivity index (χ1n) is 4.99. The van der Waals surface area contributed by atoms with Gasteiger partial charge in [0.1, 0.15) is 11.9 Å². The van der Waals surface area contributed by atoms with E-state index in [-0.39, 0.29) is 0 Å². The molecule has 1 aromatic heterocycles. The molecule has 2 rings (SSSR count). The van der Waals surface area contributed by atoms with Crippen LogP contribution in [0.15, 0.2) is 31.8 Å². The smallest absolute Gasteiger partial charge is 0.125 e. The Morgan fingerprint density at radius 3 is 2.56 bits per heavy atom. The van der Waals surface area contributed by atoms with Gasteiger partial charge in [-0.2, -0.15) is 0 Å². The van der Waals surface area contributed by atoms with Gasteiger partial charge in [0.25, 0.3) is 0 Å². The van der Waals surface area contributed by atoms with Gasteiger partial charge in [0.15, 0.2) is 0 Å².